The van der Waals surface area contributed by atoms with Crippen molar-refractivity contribution in [1.29, 1.82) is 0 Å². The molecule has 21 heavy (non-hydrogen) atoms. The molecule has 0 radical (unpaired) electrons. The van der Waals surface area contributed by atoms with Gasteiger partial charge in [-0.15, -0.1) is 0 Å². The second kappa shape index (κ2) is 6.58. The van der Waals surface area contributed by atoms with Crippen molar-refractivity contribution < 1.29 is 0 Å². The van der Waals surface area contributed by atoms with Gasteiger partial charge in [-0.3, -0.25) is 0 Å². The molecule has 2 unspecified atom stereocenters. The van der Waals surface area contributed by atoms with Crippen LogP contribution in [-0.4, -0.2) is 19.6 Å². The van der Waals surface area contributed by atoms with E-state index < -0.39 is 0 Å². The number of benzene rings is 1. The molecular formula is C18H29ClN2. The second-order valence-electron chi connectivity index (χ2n) is 7.29. The lowest BCUT2D eigenvalue weighted by molar-refractivity contribution is 0.263. The summed E-state index contributed by atoms with van der Waals surface area (Å²) < 4.78 is 0. The molecule has 0 amide bonds. The molecule has 2 atom stereocenters. The van der Waals surface area contributed by atoms with Crippen molar-refractivity contribution in [2.75, 3.05) is 24.5 Å². The first-order valence-electron chi connectivity index (χ1n) is 8.10. The molecule has 118 valence electrons. The zero-order valence-electron chi connectivity index (χ0n) is 14.0. The van der Waals surface area contributed by atoms with E-state index in [1.807, 2.05) is 0 Å². The smallest absolute Gasteiger partial charge is 0.0642 e. The van der Waals surface area contributed by atoms with Gasteiger partial charge in [-0.2, -0.15) is 0 Å². The highest BCUT2D eigenvalue weighted by Crippen LogP contribution is 2.38. The highest BCUT2D eigenvalue weighted by atomic mass is 35.5. The minimum Gasteiger partial charge on any atom is -0.370 e. The highest BCUT2D eigenvalue weighted by Gasteiger charge is 2.32. The molecule has 3 heteroatoms. The van der Waals surface area contributed by atoms with Crippen molar-refractivity contribution in [2.45, 2.75) is 47.1 Å². The number of hydrogen-bond donors (Lipinski definition) is 1. The first kappa shape index (κ1) is 16.6. The van der Waals surface area contributed by atoms with Gasteiger partial charge < -0.3 is 10.2 Å². The van der Waals surface area contributed by atoms with Crippen LogP contribution in [0.2, 0.25) is 5.02 Å². The van der Waals surface area contributed by atoms with Crippen molar-refractivity contribution >= 4 is 17.3 Å². The van der Waals surface area contributed by atoms with E-state index >= 15 is 0 Å². The monoisotopic (exact) mass is 308 g/mol. The van der Waals surface area contributed by atoms with Crippen LogP contribution in [0, 0.1) is 11.3 Å². The normalized spacial score (nSPS) is 20.9. The van der Waals surface area contributed by atoms with Gasteiger partial charge in [-0.25, -0.2) is 0 Å². The highest BCUT2D eigenvalue weighted by molar-refractivity contribution is 6.33. The van der Waals surface area contributed by atoms with Crippen LogP contribution in [0.25, 0.3) is 0 Å². The predicted octanol–water partition coefficient (Wildman–Crippen LogP) is 4.88. The molecule has 1 heterocycles. The zero-order chi connectivity index (χ0) is 15.6. The molecule has 2 nitrogen and oxygen atoms in total. The molecule has 0 aliphatic carbocycles. The summed E-state index contributed by atoms with van der Waals surface area (Å²) in [7, 11) is 0. The van der Waals surface area contributed by atoms with Crippen molar-refractivity contribution in [3.8, 4) is 0 Å². The third kappa shape index (κ3) is 3.92. The molecule has 1 aromatic rings. The molecule has 2 rings (SSSR count). The Morgan fingerprint density at radius 2 is 2.10 bits per heavy atom. The number of anilines is 1. The lowest BCUT2D eigenvalue weighted by Gasteiger charge is -2.28. The predicted molar refractivity (Wildman–Crippen MR) is 93.3 cm³/mol. The topological polar surface area (TPSA) is 15.3 Å². The summed E-state index contributed by atoms with van der Waals surface area (Å²) in [6.07, 6.45) is 1.26. The number of rotatable bonds is 4. The third-order valence-corrected chi connectivity index (χ3v) is 5.04. The summed E-state index contributed by atoms with van der Waals surface area (Å²) in [5.41, 5.74) is 2.83. The van der Waals surface area contributed by atoms with Gasteiger partial charge >= 0.3 is 0 Å². The van der Waals surface area contributed by atoms with Gasteiger partial charge in [0.05, 0.1) is 10.7 Å². The van der Waals surface area contributed by atoms with E-state index in [4.69, 9.17) is 11.6 Å². The first-order valence-corrected chi connectivity index (χ1v) is 8.48. The van der Waals surface area contributed by atoms with Crippen LogP contribution in [0.5, 0.6) is 0 Å². The number of halogens is 1. The van der Waals surface area contributed by atoms with E-state index in [9.17, 15) is 0 Å². The molecule has 1 N–H and O–H groups in total. The van der Waals surface area contributed by atoms with Crippen LogP contribution >= 0.6 is 11.6 Å². The van der Waals surface area contributed by atoms with Crippen molar-refractivity contribution in [3.05, 3.63) is 28.8 Å². The SMILES string of the molecule is CCNC(C)c1ccc(N2CCC(C(C)(C)C)C2)c(Cl)c1. The fraction of sp³-hybridized carbons (Fsp3) is 0.667. The van der Waals surface area contributed by atoms with E-state index in [2.05, 4.69) is 63.0 Å². The van der Waals surface area contributed by atoms with Gasteiger partial charge in [0, 0.05) is 19.1 Å². The molecule has 0 aromatic heterocycles. The van der Waals surface area contributed by atoms with Crippen LogP contribution in [0.3, 0.4) is 0 Å². The van der Waals surface area contributed by atoms with E-state index in [0.29, 0.717) is 11.5 Å². The Morgan fingerprint density at radius 1 is 1.38 bits per heavy atom. The summed E-state index contributed by atoms with van der Waals surface area (Å²) >= 11 is 6.55. The van der Waals surface area contributed by atoms with Gasteiger partial charge in [0.25, 0.3) is 0 Å². The number of nitrogens with zero attached hydrogens (tertiary/aromatic N) is 1. The Kier molecular flexibility index (Phi) is 5.21. The van der Waals surface area contributed by atoms with Crippen LogP contribution in [-0.2, 0) is 0 Å². The average Bonchev–Trinajstić information content (AvgIpc) is 2.88. The minimum absolute atomic E-state index is 0.349. The lowest BCUT2D eigenvalue weighted by atomic mass is 9.80. The first-order chi connectivity index (χ1) is 9.82. The minimum atomic E-state index is 0.349. The summed E-state index contributed by atoms with van der Waals surface area (Å²) in [6, 6.07) is 6.87. The molecule has 1 aliphatic heterocycles. The fourth-order valence-electron chi connectivity index (χ4n) is 3.16. The van der Waals surface area contributed by atoms with E-state index in [1.165, 1.54) is 17.7 Å². The van der Waals surface area contributed by atoms with E-state index in [1.54, 1.807) is 0 Å². The van der Waals surface area contributed by atoms with Crippen LogP contribution < -0.4 is 10.2 Å². The quantitative estimate of drug-likeness (QED) is 0.852. The Morgan fingerprint density at radius 3 is 2.62 bits per heavy atom. The molecule has 0 saturated carbocycles. The molecule has 0 spiro atoms. The second-order valence-corrected chi connectivity index (χ2v) is 7.70. The molecule has 1 saturated heterocycles. The number of hydrogen-bond acceptors (Lipinski definition) is 2. The maximum absolute atomic E-state index is 6.55. The van der Waals surface area contributed by atoms with Gasteiger partial charge in [-0.1, -0.05) is 45.4 Å². The fourth-order valence-corrected chi connectivity index (χ4v) is 3.47. The summed E-state index contributed by atoms with van der Waals surface area (Å²) in [6.45, 7) is 14.5. The maximum atomic E-state index is 6.55. The van der Waals surface area contributed by atoms with E-state index in [0.717, 1.165) is 30.6 Å². The Balaban J connectivity index is 2.12. The molecule has 1 fully saturated rings. The summed E-state index contributed by atoms with van der Waals surface area (Å²) in [5.74, 6) is 0.744. The van der Waals surface area contributed by atoms with Gasteiger partial charge in [-0.05, 0) is 48.9 Å². The Bertz CT molecular complexity index is 479. The Labute approximate surface area is 134 Å². The van der Waals surface area contributed by atoms with E-state index in [-0.39, 0.29) is 0 Å². The molecule has 1 aliphatic rings. The van der Waals surface area contributed by atoms with Crippen molar-refractivity contribution in [2.24, 2.45) is 11.3 Å². The van der Waals surface area contributed by atoms with Crippen molar-refractivity contribution in [1.82, 2.24) is 5.32 Å². The van der Waals surface area contributed by atoms with Crippen molar-refractivity contribution in [3.63, 3.8) is 0 Å². The van der Waals surface area contributed by atoms with Gasteiger partial charge in [0.1, 0.15) is 0 Å². The zero-order valence-corrected chi connectivity index (χ0v) is 14.8. The van der Waals surface area contributed by atoms with Gasteiger partial charge in [0.2, 0.25) is 0 Å². The van der Waals surface area contributed by atoms with Crippen LogP contribution in [0.1, 0.15) is 52.6 Å². The van der Waals surface area contributed by atoms with Crippen LogP contribution in [0.4, 0.5) is 5.69 Å². The molecule has 0 bridgehead atoms. The molecular weight excluding hydrogens is 280 g/mol. The standard InChI is InChI=1S/C18H29ClN2/c1-6-20-13(2)14-7-8-17(16(19)11-14)21-10-9-15(12-21)18(3,4)5/h7-8,11,13,15,20H,6,9-10,12H2,1-5H3. The average molecular weight is 309 g/mol. The summed E-state index contributed by atoms with van der Waals surface area (Å²) in [4.78, 5) is 2.44. The number of nitrogens with one attached hydrogen (secondary N) is 1. The molecule has 1 aromatic carbocycles. The van der Waals surface area contributed by atoms with Gasteiger partial charge in [0.15, 0.2) is 0 Å². The largest absolute Gasteiger partial charge is 0.370 e. The summed E-state index contributed by atoms with van der Waals surface area (Å²) in [5, 5.41) is 4.31. The Hall–Kier alpha value is -0.730. The lowest BCUT2D eigenvalue weighted by Crippen LogP contribution is -2.26. The van der Waals surface area contributed by atoms with Crippen LogP contribution in [0.15, 0.2) is 18.2 Å². The third-order valence-electron chi connectivity index (χ3n) is 4.74. The maximum Gasteiger partial charge on any atom is 0.0642 e.